The van der Waals surface area contributed by atoms with Gasteiger partial charge in [-0.15, -0.1) is 0 Å². The predicted molar refractivity (Wildman–Crippen MR) is 120 cm³/mol. The third-order valence-corrected chi connectivity index (χ3v) is 5.15. The van der Waals surface area contributed by atoms with Gasteiger partial charge in [-0.05, 0) is 44.1 Å². The van der Waals surface area contributed by atoms with Gasteiger partial charge in [0.15, 0.2) is 6.04 Å². The van der Waals surface area contributed by atoms with E-state index in [9.17, 15) is 14.4 Å². The van der Waals surface area contributed by atoms with Crippen molar-refractivity contribution in [2.75, 3.05) is 19.6 Å². The second-order valence-corrected chi connectivity index (χ2v) is 8.00. The van der Waals surface area contributed by atoms with Crippen LogP contribution in [0.5, 0.6) is 0 Å². The lowest BCUT2D eigenvalue weighted by Crippen LogP contribution is -2.68. The number of benzene rings is 1. The van der Waals surface area contributed by atoms with Crippen molar-refractivity contribution < 1.29 is 36.3 Å². The molecular weight excluding hydrogens is 410 g/mol. The summed E-state index contributed by atoms with van der Waals surface area (Å²) in [4.78, 5) is 37.0. The first-order valence-corrected chi connectivity index (χ1v) is 11.7. The molecular formula is C23H42N5O4+3. The highest BCUT2D eigenvalue weighted by Gasteiger charge is 2.25. The Balaban J connectivity index is 2.37. The zero-order chi connectivity index (χ0) is 23.6. The Hall–Kier alpha value is -2.49. The molecule has 0 bridgehead atoms. The van der Waals surface area contributed by atoms with E-state index in [2.05, 4.69) is 27.8 Å². The largest absolute Gasteiger partial charge is 0.461 e. The third-order valence-electron chi connectivity index (χ3n) is 5.15. The van der Waals surface area contributed by atoms with E-state index in [1.165, 1.54) is 0 Å². The van der Waals surface area contributed by atoms with Crippen LogP contribution in [0.1, 0.15) is 56.9 Å². The SMILES string of the molecule is [NH3+]CCCCC([NH3+])C(=O)NC(CCCC[NH3+])C(=O)NCCCC(=O)OCc1ccccc1. The normalized spacial score (nSPS) is 12.6. The Morgan fingerprint density at radius 3 is 2.19 bits per heavy atom. The maximum Gasteiger partial charge on any atom is 0.306 e. The molecule has 0 aliphatic carbocycles. The Morgan fingerprint density at radius 2 is 1.53 bits per heavy atom. The van der Waals surface area contributed by atoms with E-state index in [0.717, 1.165) is 44.3 Å². The molecule has 0 aliphatic rings. The van der Waals surface area contributed by atoms with Crippen molar-refractivity contribution in [3.63, 3.8) is 0 Å². The third kappa shape index (κ3) is 12.4. The van der Waals surface area contributed by atoms with Crippen LogP contribution in [0, 0.1) is 0 Å². The average molecular weight is 453 g/mol. The number of carbonyl (C=O) groups is 3. The van der Waals surface area contributed by atoms with Crippen LogP contribution < -0.4 is 27.8 Å². The maximum absolute atomic E-state index is 12.6. The molecule has 1 aromatic rings. The molecule has 2 unspecified atom stereocenters. The molecule has 2 amide bonds. The fourth-order valence-electron chi connectivity index (χ4n) is 3.16. The highest BCUT2D eigenvalue weighted by molar-refractivity contribution is 5.89. The van der Waals surface area contributed by atoms with Crippen LogP contribution in [0.4, 0.5) is 0 Å². The number of hydrogen-bond acceptors (Lipinski definition) is 4. The van der Waals surface area contributed by atoms with E-state index in [1.807, 2.05) is 30.3 Å². The minimum atomic E-state index is -0.601. The van der Waals surface area contributed by atoms with E-state index in [0.29, 0.717) is 25.8 Å². The Kier molecular flexibility index (Phi) is 14.7. The van der Waals surface area contributed by atoms with E-state index >= 15 is 0 Å². The zero-order valence-corrected chi connectivity index (χ0v) is 19.3. The second kappa shape index (κ2) is 17.1. The molecule has 0 aliphatic heterocycles. The van der Waals surface area contributed by atoms with Crippen molar-refractivity contribution in [1.82, 2.24) is 10.6 Å². The standard InChI is InChI=1S/C23H39N5O4/c24-14-6-4-11-19(26)22(30)28-20(12-5-7-15-25)23(31)27-16-8-13-21(29)32-17-18-9-2-1-3-10-18/h1-3,9-10,19-20H,4-8,11-17,24-26H2,(H,27,31)(H,28,30)/p+3. The highest BCUT2D eigenvalue weighted by atomic mass is 16.5. The van der Waals surface area contributed by atoms with Gasteiger partial charge in [0.2, 0.25) is 5.91 Å². The number of esters is 1. The average Bonchev–Trinajstić information content (AvgIpc) is 2.80. The van der Waals surface area contributed by atoms with Crippen molar-refractivity contribution in [2.45, 2.75) is 70.1 Å². The van der Waals surface area contributed by atoms with E-state index in [1.54, 1.807) is 0 Å². The van der Waals surface area contributed by atoms with Crippen LogP contribution in [-0.2, 0) is 25.7 Å². The molecule has 32 heavy (non-hydrogen) atoms. The van der Waals surface area contributed by atoms with Gasteiger partial charge in [-0.1, -0.05) is 30.3 Å². The minimum Gasteiger partial charge on any atom is -0.461 e. The smallest absolute Gasteiger partial charge is 0.306 e. The summed E-state index contributed by atoms with van der Waals surface area (Å²) >= 11 is 0. The van der Waals surface area contributed by atoms with E-state index < -0.39 is 6.04 Å². The zero-order valence-electron chi connectivity index (χ0n) is 19.3. The lowest BCUT2D eigenvalue weighted by molar-refractivity contribution is -0.406. The molecule has 0 fully saturated rings. The first kappa shape index (κ1) is 27.5. The quantitative estimate of drug-likeness (QED) is 0.144. The monoisotopic (exact) mass is 452 g/mol. The number of amides is 2. The summed E-state index contributed by atoms with van der Waals surface area (Å²) in [5.41, 5.74) is 12.5. The molecule has 0 heterocycles. The van der Waals surface area contributed by atoms with Gasteiger partial charge in [0.25, 0.3) is 5.91 Å². The van der Waals surface area contributed by atoms with Gasteiger partial charge in [0, 0.05) is 19.4 Å². The molecule has 0 saturated heterocycles. The molecule has 0 saturated carbocycles. The number of hydrogen-bond donors (Lipinski definition) is 5. The van der Waals surface area contributed by atoms with E-state index in [-0.39, 0.29) is 36.9 Å². The predicted octanol–water partition coefficient (Wildman–Crippen LogP) is -1.45. The first-order valence-electron chi connectivity index (χ1n) is 11.7. The number of nitrogens with one attached hydrogen (secondary N) is 2. The molecule has 9 heteroatoms. The van der Waals surface area contributed by atoms with E-state index in [4.69, 9.17) is 4.74 Å². The molecule has 2 atom stereocenters. The summed E-state index contributed by atoms with van der Waals surface area (Å²) in [7, 11) is 0. The van der Waals surface area contributed by atoms with Crippen molar-refractivity contribution in [1.29, 1.82) is 0 Å². The molecule has 0 radical (unpaired) electrons. The second-order valence-electron chi connectivity index (χ2n) is 8.00. The van der Waals surface area contributed by atoms with Gasteiger partial charge in [-0.2, -0.15) is 0 Å². The molecule has 180 valence electrons. The summed E-state index contributed by atoms with van der Waals surface area (Å²) < 4.78 is 5.24. The molecule has 9 nitrogen and oxygen atoms in total. The number of ether oxygens (including phenoxy) is 1. The van der Waals surface area contributed by atoms with Crippen LogP contribution in [0.3, 0.4) is 0 Å². The first-order chi connectivity index (χ1) is 15.5. The summed E-state index contributed by atoms with van der Waals surface area (Å²) in [6.07, 6.45) is 5.48. The minimum absolute atomic E-state index is 0.201. The number of carbonyl (C=O) groups excluding carboxylic acids is 3. The van der Waals surface area contributed by atoms with Gasteiger partial charge < -0.3 is 32.6 Å². The van der Waals surface area contributed by atoms with Crippen LogP contribution in [-0.4, -0.2) is 49.5 Å². The molecule has 1 rings (SSSR count). The van der Waals surface area contributed by atoms with Crippen molar-refractivity contribution in [2.24, 2.45) is 0 Å². The summed E-state index contributed by atoms with van der Waals surface area (Å²) in [5.74, 6) is -0.732. The van der Waals surface area contributed by atoms with Gasteiger partial charge in [0.05, 0.1) is 13.1 Å². The molecule has 0 aromatic heterocycles. The number of quaternary nitrogens is 3. The van der Waals surface area contributed by atoms with Crippen LogP contribution >= 0.6 is 0 Å². The molecule has 0 spiro atoms. The Labute approximate surface area is 190 Å². The van der Waals surface area contributed by atoms with Gasteiger partial charge in [-0.25, -0.2) is 0 Å². The van der Waals surface area contributed by atoms with Crippen molar-refractivity contribution >= 4 is 17.8 Å². The fourth-order valence-corrected chi connectivity index (χ4v) is 3.16. The number of rotatable bonds is 17. The Morgan fingerprint density at radius 1 is 0.875 bits per heavy atom. The summed E-state index contributed by atoms with van der Waals surface area (Å²) in [6, 6.07) is 8.50. The maximum atomic E-state index is 12.6. The van der Waals surface area contributed by atoms with Crippen molar-refractivity contribution in [3.05, 3.63) is 35.9 Å². The highest BCUT2D eigenvalue weighted by Crippen LogP contribution is 2.04. The Bertz CT molecular complexity index is 672. The molecule has 1 aromatic carbocycles. The van der Waals surface area contributed by atoms with Crippen LogP contribution in [0.25, 0.3) is 0 Å². The van der Waals surface area contributed by atoms with Crippen LogP contribution in [0.15, 0.2) is 30.3 Å². The van der Waals surface area contributed by atoms with Gasteiger partial charge >= 0.3 is 5.97 Å². The lowest BCUT2D eigenvalue weighted by Gasteiger charge is -2.19. The topological polar surface area (TPSA) is 167 Å². The summed E-state index contributed by atoms with van der Waals surface area (Å²) in [5, 5.41) is 5.68. The molecule has 11 N–H and O–H groups in total. The van der Waals surface area contributed by atoms with Gasteiger partial charge in [0.1, 0.15) is 12.6 Å². The fraction of sp³-hybridized carbons (Fsp3) is 0.609. The van der Waals surface area contributed by atoms with Gasteiger partial charge in [-0.3, -0.25) is 14.4 Å². The lowest BCUT2D eigenvalue weighted by atomic mass is 10.1. The number of unbranched alkanes of at least 4 members (excludes halogenated alkanes) is 2. The van der Waals surface area contributed by atoms with Crippen molar-refractivity contribution in [3.8, 4) is 0 Å². The van der Waals surface area contributed by atoms with Crippen LogP contribution in [0.2, 0.25) is 0 Å². The summed E-state index contributed by atoms with van der Waals surface area (Å²) in [6.45, 7) is 2.21.